The zero-order valence-electron chi connectivity index (χ0n) is 15.4. The molecule has 1 aliphatic rings. The van der Waals surface area contributed by atoms with Gasteiger partial charge in [-0.1, -0.05) is 6.07 Å². The van der Waals surface area contributed by atoms with Gasteiger partial charge in [0.15, 0.2) is 0 Å². The van der Waals surface area contributed by atoms with E-state index in [0.717, 1.165) is 25.1 Å². The molecule has 2 N–H and O–H groups in total. The summed E-state index contributed by atoms with van der Waals surface area (Å²) in [7, 11) is 0. The maximum absolute atomic E-state index is 12.4. The number of nitrogens with one attached hydrogen (secondary N) is 2. The predicted molar refractivity (Wildman–Crippen MR) is 102 cm³/mol. The van der Waals surface area contributed by atoms with E-state index >= 15 is 0 Å². The van der Waals surface area contributed by atoms with Crippen molar-refractivity contribution in [2.24, 2.45) is 5.92 Å². The zero-order valence-corrected chi connectivity index (χ0v) is 15.4. The molecule has 0 aromatic carbocycles. The van der Waals surface area contributed by atoms with Gasteiger partial charge in [0, 0.05) is 44.1 Å². The van der Waals surface area contributed by atoms with Crippen molar-refractivity contribution in [1.29, 1.82) is 0 Å². The number of hydrogen-bond donors (Lipinski definition) is 2. The lowest BCUT2D eigenvalue weighted by Crippen LogP contribution is -2.44. The van der Waals surface area contributed by atoms with E-state index in [-0.39, 0.29) is 24.2 Å². The summed E-state index contributed by atoms with van der Waals surface area (Å²) in [5, 5.41) is 5.60. The molecule has 0 saturated carbocycles. The minimum atomic E-state index is -0.170. The molecule has 2 amide bonds. The molecule has 2 aromatic rings. The van der Waals surface area contributed by atoms with Gasteiger partial charge in [0.1, 0.15) is 5.82 Å². The third kappa shape index (κ3) is 5.47. The van der Waals surface area contributed by atoms with E-state index in [2.05, 4.69) is 25.6 Å². The molecule has 0 unspecified atom stereocenters. The number of aromatic nitrogens is 3. The summed E-state index contributed by atoms with van der Waals surface area (Å²) in [4.78, 5) is 39.2. The first-order valence-corrected chi connectivity index (χ1v) is 9.15. The van der Waals surface area contributed by atoms with E-state index in [1.807, 2.05) is 24.0 Å². The van der Waals surface area contributed by atoms with Gasteiger partial charge in [-0.2, -0.15) is 0 Å². The van der Waals surface area contributed by atoms with Crippen LogP contribution >= 0.6 is 0 Å². The second-order valence-electron chi connectivity index (χ2n) is 6.59. The van der Waals surface area contributed by atoms with Gasteiger partial charge in [0.25, 0.3) is 0 Å². The quantitative estimate of drug-likeness (QED) is 0.802. The number of carbonyl (C=O) groups is 2. The fourth-order valence-corrected chi connectivity index (χ4v) is 3.09. The Morgan fingerprint density at radius 1 is 1.22 bits per heavy atom. The summed E-state index contributed by atoms with van der Waals surface area (Å²) in [6.07, 6.45) is 5.35. The monoisotopic (exact) mass is 368 g/mol. The van der Waals surface area contributed by atoms with Crippen molar-refractivity contribution < 1.29 is 9.59 Å². The van der Waals surface area contributed by atoms with Crippen LogP contribution in [0.2, 0.25) is 0 Å². The highest BCUT2D eigenvalue weighted by Crippen LogP contribution is 2.20. The summed E-state index contributed by atoms with van der Waals surface area (Å²) in [6, 6.07) is 7.22. The van der Waals surface area contributed by atoms with Crippen LogP contribution in [-0.4, -0.2) is 46.4 Å². The molecule has 2 aromatic heterocycles. The number of carbonyl (C=O) groups excluding carboxylic acids is 2. The Labute approximate surface area is 158 Å². The first-order chi connectivity index (χ1) is 13.1. The molecule has 0 spiro atoms. The Kier molecular flexibility index (Phi) is 6.30. The molecule has 3 rings (SSSR count). The molecule has 3 heterocycles. The number of hydrogen-bond acceptors (Lipinski definition) is 6. The predicted octanol–water partition coefficient (Wildman–Crippen LogP) is 1.54. The molecule has 8 nitrogen and oxygen atoms in total. The molecular weight excluding hydrogens is 344 g/mol. The zero-order chi connectivity index (χ0) is 19.1. The number of nitrogens with zero attached hydrogens (tertiary/aromatic N) is 4. The number of pyridine rings is 1. The standard InChI is InChI=1S/C19H24N6O2/c1-14-5-2-7-16(23-14)24-17(26)8-11-20-18(27)15-6-3-12-25(13-15)19-21-9-4-10-22-19/h2,4-5,7,9-10,15H,3,6,8,11-13H2,1H3,(H,20,27)(H,23,24,26)/t15-/m0/s1. The van der Waals surface area contributed by atoms with E-state index in [9.17, 15) is 9.59 Å². The summed E-state index contributed by atoms with van der Waals surface area (Å²) in [5.74, 6) is 0.856. The lowest BCUT2D eigenvalue weighted by molar-refractivity contribution is -0.125. The molecule has 1 atom stereocenters. The molecule has 8 heteroatoms. The van der Waals surface area contributed by atoms with Crippen LogP contribution in [0.3, 0.4) is 0 Å². The fraction of sp³-hybridized carbons (Fsp3) is 0.421. The van der Waals surface area contributed by atoms with Crippen molar-refractivity contribution in [1.82, 2.24) is 20.3 Å². The topological polar surface area (TPSA) is 100 Å². The van der Waals surface area contributed by atoms with Crippen molar-refractivity contribution in [3.8, 4) is 0 Å². The first-order valence-electron chi connectivity index (χ1n) is 9.15. The van der Waals surface area contributed by atoms with Crippen LogP contribution in [0, 0.1) is 12.8 Å². The maximum Gasteiger partial charge on any atom is 0.227 e. The molecule has 1 fully saturated rings. The van der Waals surface area contributed by atoms with Crippen molar-refractivity contribution >= 4 is 23.6 Å². The van der Waals surface area contributed by atoms with E-state index in [4.69, 9.17) is 0 Å². The third-order valence-electron chi connectivity index (χ3n) is 4.43. The third-order valence-corrected chi connectivity index (χ3v) is 4.43. The molecule has 0 radical (unpaired) electrons. The minimum absolute atomic E-state index is 0.0305. The van der Waals surface area contributed by atoms with Gasteiger partial charge in [-0.05, 0) is 38.0 Å². The minimum Gasteiger partial charge on any atom is -0.355 e. The second-order valence-corrected chi connectivity index (χ2v) is 6.59. The number of amides is 2. The van der Waals surface area contributed by atoms with Crippen LogP contribution < -0.4 is 15.5 Å². The highest BCUT2D eigenvalue weighted by molar-refractivity contribution is 5.90. The van der Waals surface area contributed by atoms with Crippen molar-refractivity contribution in [2.45, 2.75) is 26.2 Å². The highest BCUT2D eigenvalue weighted by Gasteiger charge is 2.26. The number of aryl methyl sites for hydroxylation is 1. The summed E-state index contributed by atoms with van der Waals surface area (Å²) < 4.78 is 0. The van der Waals surface area contributed by atoms with Crippen LogP contribution in [0.25, 0.3) is 0 Å². The molecule has 0 aliphatic carbocycles. The average molecular weight is 368 g/mol. The summed E-state index contributed by atoms with van der Waals surface area (Å²) >= 11 is 0. The highest BCUT2D eigenvalue weighted by atomic mass is 16.2. The fourth-order valence-electron chi connectivity index (χ4n) is 3.09. The molecular formula is C19H24N6O2. The SMILES string of the molecule is Cc1cccc(NC(=O)CCNC(=O)[C@H]2CCCN(c3ncccn3)C2)n1. The Balaban J connectivity index is 1.43. The Hall–Kier alpha value is -3.03. The average Bonchev–Trinajstić information content (AvgIpc) is 2.68. The lowest BCUT2D eigenvalue weighted by Gasteiger charge is -2.31. The molecule has 0 bridgehead atoms. The van der Waals surface area contributed by atoms with Gasteiger partial charge in [0.05, 0.1) is 5.92 Å². The van der Waals surface area contributed by atoms with E-state index in [0.29, 0.717) is 24.9 Å². The van der Waals surface area contributed by atoms with E-state index in [1.54, 1.807) is 24.5 Å². The van der Waals surface area contributed by atoms with Crippen LogP contribution in [0.15, 0.2) is 36.7 Å². The smallest absolute Gasteiger partial charge is 0.227 e. The summed E-state index contributed by atoms with van der Waals surface area (Å²) in [5.41, 5.74) is 0.838. The maximum atomic E-state index is 12.4. The van der Waals surface area contributed by atoms with Gasteiger partial charge in [0.2, 0.25) is 17.8 Å². The Bertz CT molecular complexity index is 783. The van der Waals surface area contributed by atoms with Gasteiger partial charge < -0.3 is 15.5 Å². The van der Waals surface area contributed by atoms with E-state index < -0.39 is 0 Å². The first kappa shape index (κ1) is 18.8. The number of rotatable bonds is 6. The van der Waals surface area contributed by atoms with Gasteiger partial charge >= 0.3 is 0 Å². The van der Waals surface area contributed by atoms with Crippen molar-refractivity contribution in [3.63, 3.8) is 0 Å². The molecule has 27 heavy (non-hydrogen) atoms. The van der Waals surface area contributed by atoms with Gasteiger partial charge in [-0.3, -0.25) is 9.59 Å². The second kappa shape index (κ2) is 9.07. The van der Waals surface area contributed by atoms with Crippen LogP contribution in [-0.2, 0) is 9.59 Å². The van der Waals surface area contributed by atoms with Gasteiger partial charge in [-0.25, -0.2) is 15.0 Å². The number of anilines is 2. The van der Waals surface area contributed by atoms with Crippen LogP contribution in [0.4, 0.5) is 11.8 Å². The van der Waals surface area contributed by atoms with Crippen molar-refractivity contribution in [2.75, 3.05) is 29.9 Å². The Morgan fingerprint density at radius 3 is 2.81 bits per heavy atom. The molecule has 142 valence electrons. The van der Waals surface area contributed by atoms with Gasteiger partial charge in [-0.15, -0.1) is 0 Å². The lowest BCUT2D eigenvalue weighted by atomic mass is 9.97. The largest absolute Gasteiger partial charge is 0.355 e. The van der Waals surface area contributed by atoms with Crippen LogP contribution in [0.1, 0.15) is 25.0 Å². The Morgan fingerprint density at radius 2 is 2.04 bits per heavy atom. The van der Waals surface area contributed by atoms with E-state index in [1.165, 1.54) is 0 Å². The van der Waals surface area contributed by atoms with Crippen LogP contribution in [0.5, 0.6) is 0 Å². The number of piperidine rings is 1. The normalized spacial score (nSPS) is 16.6. The summed E-state index contributed by atoms with van der Waals surface area (Å²) in [6.45, 7) is 3.60. The van der Waals surface area contributed by atoms with Crippen molar-refractivity contribution in [3.05, 3.63) is 42.4 Å². The molecule has 1 aliphatic heterocycles. The molecule has 1 saturated heterocycles.